The van der Waals surface area contributed by atoms with Crippen molar-refractivity contribution in [1.29, 1.82) is 0 Å². The highest BCUT2D eigenvalue weighted by Crippen LogP contribution is 2.42. The van der Waals surface area contributed by atoms with Crippen LogP contribution in [0.1, 0.15) is 85.1 Å². The number of aliphatic hydroxyl groups is 1. The molecule has 3 fully saturated rings. The molecule has 0 radical (unpaired) electrons. The van der Waals surface area contributed by atoms with Crippen LogP contribution in [0.2, 0.25) is 0 Å². The van der Waals surface area contributed by atoms with Gasteiger partial charge in [0.05, 0.1) is 23.3 Å². The van der Waals surface area contributed by atoms with E-state index in [1.54, 1.807) is 11.0 Å². The van der Waals surface area contributed by atoms with Gasteiger partial charge in [0, 0.05) is 25.1 Å². The summed E-state index contributed by atoms with van der Waals surface area (Å²) in [5.74, 6) is 0.318. The minimum absolute atomic E-state index is 0.0883. The number of rotatable bonds is 3. The first-order valence-corrected chi connectivity index (χ1v) is 11.9. The van der Waals surface area contributed by atoms with E-state index in [4.69, 9.17) is 4.52 Å². The largest absolute Gasteiger partial charge is 0.391 e. The number of aliphatic hydroxyl groups excluding tert-OH is 1. The molecule has 5 rings (SSSR count). The molecule has 170 valence electrons. The average Bonchev–Trinajstić information content (AvgIpc) is 3.33. The van der Waals surface area contributed by atoms with Gasteiger partial charge in [-0.2, -0.15) is 0 Å². The maximum atomic E-state index is 13.2. The van der Waals surface area contributed by atoms with Crippen molar-refractivity contribution in [3.05, 3.63) is 53.4 Å². The van der Waals surface area contributed by atoms with E-state index in [0.717, 1.165) is 24.1 Å². The molecule has 3 heterocycles. The van der Waals surface area contributed by atoms with E-state index in [1.165, 1.54) is 19.3 Å². The maximum absolute atomic E-state index is 13.2. The van der Waals surface area contributed by atoms with Gasteiger partial charge in [-0.3, -0.25) is 9.59 Å². The molecule has 1 aromatic heterocycles. The van der Waals surface area contributed by atoms with Crippen LogP contribution in [0, 0.1) is 5.41 Å². The molecule has 7 nitrogen and oxygen atoms in total. The number of nitrogens with zero attached hydrogens (tertiary/aromatic N) is 2. The summed E-state index contributed by atoms with van der Waals surface area (Å²) in [7, 11) is 0. The fourth-order valence-electron chi connectivity index (χ4n) is 5.76. The minimum atomic E-state index is -0.773. The zero-order valence-electron chi connectivity index (χ0n) is 18.3. The Labute approximate surface area is 188 Å². The van der Waals surface area contributed by atoms with E-state index in [9.17, 15) is 14.7 Å². The van der Waals surface area contributed by atoms with Gasteiger partial charge < -0.3 is 19.8 Å². The van der Waals surface area contributed by atoms with Crippen LogP contribution in [0.5, 0.6) is 0 Å². The first-order valence-electron chi connectivity index (χ1n) is 11.9. The third-order valence-electron chi connectivity index (χ3n) is 7.54. The number of benzene rings is 1. The Bertz CT molecular complexity index is 969. The quantitative estimate of drug-likeness (QED) is 0.765. The van der Waals surface area contributed by atoms with Gasteiger partial charge in [0.25, 0.3) is 5.91 Å². The van der Waals surface area contributed by atoms with Crippen molar-refractivity contribution in [2.45, 2.75) is 69.4 Å². The Morgan fingerprint density at radius 2 is 1.94 bits per heavy atom. The van der Waals surface area contributed by atoms with Gasteiger partial charge in [-0.25, -0.2) is 0 Å². The standard InChI is InChI=1S/C25H31N3O4/c29-20-15-25(24(31)26-22(20)18-10-5-2-6-11-18)12-7-13-28(16-25)23(30)21-14-19(27-32-21)17-8-3-1-4-9-17/h2,5-6,10-11,14,17,20,22,29H,1,3-4,7-9,12-13,15-16H2,(H,26,31)/t20-,22+,25+/m1/s1. The van der Waals surface area contributed by atoms with Crippen molar-refractivity contribution < 1.29 is 19.2 Å². The number of likely N-dealkylation sites (tertiary alicyclic amines) is 1. The molecule has 7 heteroatoms. The Morgan fingerprint density at radius 3 is 2.72 bits per heavy atom. The highest BCUT2D eigenvalue weighted by Gasteiger charge is 2.50. The number of hydrogen-bond donors (Lipinski definition) is 2. The molecule has 0 bridgehead atoms. The molecule has 3 atom stereocenters. The van der Waals surface area contributed by atoms with Crippen molar-refractivity contribution in [3.63, 3.8) is 0 Å². The summed E-state index contributed by atoms with van der Waals surface area (Å²) in [6.45, 7) is 0.862. The van der Waals surface area contributed by atoms with Crippen LogP contribution in [0.4, 0.5) is 0 Å². The van der Waals surface area contributed by atoms with Crippen LogP contribution < -0.4 is 5.32 Å². The molecule has 1 aromatic carbocycles. The van der Waals surface area contributed by atoms with Gasteiger partial charge in [-0.15, -0.1) is 0 Å². The van der Waals surface area contributed by atoms with E-state index in [2.05, 4.69) is 10.5 Å². The Kier molecular flexibility index (Phi) is 5.76. The zero-order chi connectivity index (χ0) is 22.1. The molecule has 1 aliphatic carbocycles. The lowest BCUT2D eigenvalue weighted by molar-refractivity contribution is -0.144. The number of amides is 2. The Morgan fingerprint density at radius 1 is 1.16 bits per heavy atom. The van der Waals surface area contributed by atoms with Crippen LogP contribution in [0.15, 0.2) is 40.9 Å². The molecule has 2 amide bonds. The van der Waals surface area contributed by atoms with E-state index in [-0.39, 0.29) is 24.1 Å². The summed E-state index contributed by atoms with van der Waals surface area (Å²) in [4.78, 5) is 28.1. The lowest BCUT2D eigenvalue weighted by Gasteiger charge is -2.47. The first kappa shape index (κ1) is 21.2. The summed E-state index contributed by atoms with van der Waals surface area (Å²) >= 11 is 0. The second kappa shape index (κ2) is 8.70. The molecular formula is C25H31N3O4. The van der Waals surface area contributed by atoms with E-state index in [0.29, 0.717) is 31.7 Å². The molecular weight excluding hydrogens is 406 g/mol. The number of aromatic nitrogens is 1. The second-order valence-corrected chi connectivity index (χ2v) is 9.69. The molecule has 1 saturated carbocycles. The fourth-order valence-corrected chi connectivity index (χ4v) is 5.76. The summed E-state index contributed by atoms with van der Waals surface area (Å²) in [5, 5.41) is 18.1. The minimum Gasteiger partial charge on any atom is -0.391 e. The van der Waals surface area contributed by atoms with Crippen molar-refractivity contribution >= 4 is 11.8 Å². The highest BCUT2D eigenvalue weighted by molar-refractivity contribution is 5.93. The molecule has 2 saturated heterocycles. The van der Waals surface area contributed by atoms with Gasteiger partial charge >= 0.3 is 0 Å². The van der Waals surface area contributed by atoms with Gasteiger partial charge in [-0.05, 0) is 37.7 Å². The first-order chi connectivity index (χ1) is 15.6. The third kappa shape index (κ3) is 3.94. The molecule has 32 heavy (non-hydrogen) atoms. The van der Waals surface area contributed by atoms with Crippen LogP contribution in [0.25, 0.3) is 0 Å². The lowest BCUT2D eigenvalue weighted by atomic mass is 9.70. The predicted molar refractivity (Wildman–Crippen MR) is 118 cm³/mol. The SMILES string of the molecule is O=C(c1cc(C2CCCCC2)no1)N1CCC[C@]2(C[C@@H](O)[C@H](c3ccccc3)NC2=O)C1. The summed E-state index contributed by atoms with van der Waals surface area (Å²) in [6, 6.07) is 10.9. The fraction of sp³-hybridized carbons (Fsp3) is 0.560. The van der Waals surface area contributed by atoms with E-state index in [1.807, 2.05) is 30.3 Å². The van der Waals surface area contributed by atoms with Gasteiger partial charge in [0.1, 0.15) is 0 Å². The monoisotopic (exact) mass is 437 g/mol. The third-order valence-corrected chi connectivity index (χ3v) is 7.54. The van der Waals surface area contributed by atoms with Crippen LogP contribution in [-0.2, 0) is 4.79 Å². The summed E-state index contributed by atoms with van der Waals surface area (Å²) in [5.41, 5.74) is 0.991. The maximum Gasteiger partial charge on any atom is 0.292 e. The summed E-state index contributed by atoms with van der Waals surface area (Å²) in [6.07, 6.45) is 6.83. The average molecular weight is 438 g/mol. The smallest absolute Gasteiger partial charge is 0.292 e. The van der Waals surface area contributed by atoms with Crippen LogP contribution in [0.3, 0.4) is 0 Å². The Hall–Kier alpha value is -2.67. The second-order valence-electron chi connectivity index (χ2n) is 9.69. The van der Waals surface area contributed by atoms with Crippen LogP contribution >= 0.6 is 0 Å². The molecule has 3 aliphatic rings. The molecule has 2 N–H and O–H groups in total. The number of carbonyl (C=O) groups is 2. The van der Waals surface area contributed by atoms with Crippen molar-refractivity contribution in [3.8, 4) is 0 Å². The highest BCUT2D eigenvalue weighted by atomic mass is 16.5. The number of piperidine rings is 2. The Balaban J connectivity index is 1.29. The number of carbonyl (C=O) groups excluding carboxylic acids is 2. The molecule has 1 spiro atoms. The van der Waals surface area contributed by atoms with Gasteiger partial charge in [-0.1, -0.05) is 54.8 Å². The van der Waals surface area contributed by atoms with Gasteiger partial charge in [0.2, 0.25) is 11.7 Å². The molecule has 2 aliphatic heterocycles. The predicted octanol–water partition coefficient (Wildman–Crippen LogP) is 3.57. The molecule has 0 unspecified atom stereocenters. The topological polar surface area (TPSA) is 95.7 Å². The van der Waals surface area contributed by atoms with Crippen molar-refractivity contribution in [2.24, 2.45) is 5.41 Å². The van der Waals surface area contributed by atoms with Crippen molar-refractivity contribution in [1.82, 2.24) is 15.4 Å². The normalized spacial score (nSPS) is 29.2. The molecule has 2 aromatic rings. The van der Waals surface area contributed by atoms with E-state index < -0.39 is 17.6 Å². The zero-order valence-corrected chi connectivity index (χ0v) is 18.3. The van der Waals surface area contributed by atoms with Crippen LogP contribution in [-0.4, -0.2) is 46.2 Å². The summed E-state index contributed by atoms with van der Waals surface area (Å²) < 4.78 is 5.44. The van der Waals surface area contributed by atoms with E-state index >= 15 is 0 Å². The number of nitrogens with one attached hydrogen (secondary N) is 1. The number of hydrogen-bond acceptors (Lipinski definition) is 5. The van der Waals surface area contributed by atoms with Gasteiger partial charge in [0.15, 0.2) is 0 Å². The lowest BCUT2D eigenvalue weighted by Crippen LogP contribution is -2.60. The van der Waals surface area contributed by atoms with Crippen molar-refractivity contribution in [2.75, 3.05) is 13.1 Å².